The average Bonchev–Trinajstić information content (AvgIpc) is 2.60. The predicted octanol–water partition coefficient (Wildman–Crippen LogP) is 3.20. The van der Waals surface area contributed by atoms with Gasteiger partial charge in [-0.25, -0.2) is 0 Å². The minimum absolute atomic E-state index is 0.0587. The maximum atomic E-state index is 12.2. The maximum absolute atomic E-state index is 12.2. The lowest BCUT2D eigenvalue weighted by atomic mass is 10.1. The van der Waals surface area contributed by atoms with Crippen molar-refractivity contribution in [2.75, 3.05) is 20.3 Å². The quantitative estimate of drug-likeness (QED) is 0.441. The minimum Gasteiger partial charge on any atom is -0.491 e. The summed E-state index contributed by atoms with van der Waals surface area (Å²) in [5.41, 5.74) is 0.691. The van der Waals surface area contributed by atoms with Gasteiger partial charge in [0.2, 0.25) is 0 Å². The van der Waals surface area contributed by atoms with E-state index in [0.717, 1.165) is 11.6 Å². The Bertz CT molecular complexity index is 766. The highest BCUT2D eigenvalue weighted by molar-refractivity contribution is 6.33. The third-order valence-electron chi connectivity index (χ3n) is 3.31. The Morgan fingerprint density at radius 3 is 2.76 bits per heavy atom. The summed E-state index contributed by atoms with van der Waals surface area (Å²) in [6.45, 7) is 1.14. The van der Waals surface area contributed by atoms with Gasteiger partial charge in [-0.1, -0.05) is 23.7 Å². The van der Waals surface area contributed by atoms with E-state index in [9.17, 15) is 14.9 Å². The number of nitro benzene ring substituents is 1. The molecule has 25 heavy (non-hydrogen) atoms. The number of carbonyl (C=O) groups is 1. The predicted molar refractivity (Wildman–Crippen MR) is 93.1 cm³/mol. The molecule has 0 aliphatic carbocycles. The lowest BCUT2D eigenvalue weighted by Gasteiger charge is -2.09. The second-order valence-electron chi connectivity index (χ2n) is 5.09. The van der Waals surface area contributed by atoms with Crippen LogP contribution in [0.4, 0.5) is 5.69 Å². The molecule has 0 atom stereocenters. The van der Waals surface area contributed by atoms with Gasteiger partial charge in [0.25, 0.3) is 11.6 Å². The Hall–Kier alpha value is -2.64. The van der Waals surface area contributed by atoms with Gasteiger partial charge in [0.05, 0.1) is 22.1 Å². The van der Waals surface area contributed by atoms with E-state index in [0.29, 0.717) is 19.0 Å². The lowest BCUT2D eigenvalue weighted by molar-refractivity contribution is -0.384. The van der Waals surface area contributed by atoms with Crippen LogP contribution in [0.15, 0.2) is 42.5 Å². The lowest BCUT2D eigenvalue weighted by Crippen LogP contribution is -2.23. The molecule has 0 aliphatic rings. The first-order valence-electron chi connectivity index (χ1n) is 7.44. The zero-order valence-electron chi connectivity index (χ0n) is 13.5. The van der Waals surface area contributed by atoms with Crippen LogP contribution in [-0.2, 0) is 11.3 Å². The molecule has 132 valence electrons. The van der Waals surface area contributed by atoms with E-state index >= 15 is 0 Å². The fourth-order valence-electron chi connectivity index (χ4n) is 2.07. The fraction of sp³-hybridized carbons (Fsp3) is 0.235. The molecule has 1 N–H and O–H groups in total. The second-order valence-corrected chi connectivity index (χ2v) is 5.50. The van der Waals surface area contributed by atoms with Crippen LogP contribution in [0.2, 0.25) is 5.02 Å². The van der Waals surface area contributed by atoms with Gasteiger partial charge in [-0.3, -0.25) is 14.9 Å². The molecule has 0 unspecified atom stereocenters. The molecule has 0 saturated heterocycles. The van der Waals surface area contributed by atoms with Gasteiger partial charge in [-0.05, 0) is 23.8 Å². The molecule has 0 saturated carbocycles. The molecule has 0 radical (unpaired) electrons. The highest BCUT2D eigenvalue weighted by atomic mass is 35.5. The number of rotatable bonds is 8. The Labute approximate surface area is 149 Å². The molecule has 0 bridgehead atoms. The van der Waals surface area contributed by atoms with Crippen LogP contribution < -0.4 is 10.1 Å². The Kier molecular flexibility index (Phi) is 6.73. The number of nitrogens with one attached hydrogen (secondary N) is 1. The van der Waals surface area contributed by atoms with Gasteiger partial charge in [0.1, 0.15) is 12.4 Å². The van der Waals surface area contributed by atoms with E-state index in [1.807, 2.05) is 12.1 Å². The van der Waals surface area contributed by atoms with Crippen molar-refractivity contribution in [1.29, 1.82) is 0 Å². The molecule has 0 aromatic heterocycles. The van der Waals surface area contributed by atoms with Crippen molar-refractivity contribution in [1.82, 2.24) is 5.32 Å². The number of methoxy groups -OCH3 is 1. The molecule has 2 rings (SSSR count). The first kappa shape index (κ1) is 18.7. The molecule has 0 heterocycles. The largest absolute Gasteiger partial charge is 0.491 e. The number of hydrogen-bond donors (Lipinski definition) is 1. The number of carbonyl (C=O) groups excluding carboxylic acids is 1. The highest BCUT2D eigenvalue weighted by Crippen LogP contribution is 2.22. The van der Waals surface area contributed by atoms with Crippen LogP contribution in [0.1, 0.15) is 15.9 Å². The summed E-state index contributed by atoms with van der Waals surface area (Å²) in [7, 11) is 1.59. The SMILES string of the molecule is COCCOc1cccc(CNC(=O)c2cc([N+](=O)[O-])ccc2Cl)c1. The van der Waals surface area contributed by atoms with Crippen LogP contribution in [0.3, 0.4) is 0 Å². The van der Waals surface area contributed by atoms with Crippen molar-refractivity contribution in [2.45, 2.75) is 6.54 Å². The Morgan fingerprint density at radius 2 is 2.04 bits per heavy atom. The topological polar surface area (TPSA) is 90.7 Å². The zero-order chi connectivity index (χ0) is 18.2. The summed E-state index contributed by atoms with van der Waals surface area (Å²) >= 11 is 5.96. The number of non-ortho nitro benzene ring substituents is 1. The van der Waals surface area contributed by atoms with E-state index in [2.05, 4.69) is 5.32 Å². The summed E-state index contributed by atoms with van der Waals surface area (Å²) < 4.78 is 10.4. The number of hydrogen-bond acceptors (Lipinski definition) is 5. The van der Waals surface area contributed by atoms with Crippen molar-refractivity contribution >= 4 is 23.2 Å². The Morgan fingerprint density at radius 1 is 1.24 bits per heavy atom. The first-order valence-corrected chi connectivity index (χ1v) is 7.82. The number of amides is 1. The van der Waals surface area contributed by atoms with Gasteiger partial charge in [-0.2, -0.15) is 0 Å². The van der Waals surface area contributed by atoms with E-state index in [-0.39, 0.29) is 22.8 Å². The summed E-state index contributed by atoms with van der Waals surface area (Å²) in [6, 6.07) is 11.0. The third-order valence-corrected chi connectivity index (χ3v) is 3.64. The van der Waals surface area contributed by atoms with Crippen molar-refractivity contribution in [3.8, 4) is 5.75 Å². The third kappa shape index (κ3) is 5.44. The summed E-state index contributed by atoms with van der Waals surface area (Å²) in [5, 5.41) is 13.7. The van der Waals surface area contributed by atoms with Crippen LogP contribution >= 0.6 is 11.6 Å². The second kappa shape index (κ2) is 9.00. The minimum atomic E-state index is -0.575. The van der Waals surface area contributed by atoms with Crippen molar-refractivity contribution in [2.24, 2.45) is 0 Å². The molecule has 0 spiro atoms. The molecule has 7 nitrogen and oxygen atoms in total. The van der Waals surface area contributed by atoms with Crippen LogP contribution in [0, 0.1) is 10.1 Å². The molecule has 2 aromatic rings. The summed E-state index contributed by atoms with van der Waals surface area (Å²) in [6.07, 6.45) is 0. The number of halogens is 1. The molecular formula is C17H17ClN2O5. The van der Waals surface area contributed by atoms with Gasteiger partial charge in [0, 0.05) is 25.8 Å². The molecule has 1 amide bonds. The molecular weight excluding hydrogens is 348 g/mol. The smallest absolute Gasteiger partial charge is 0.270 e. The standard InChI is InChI=1S/C17H17ClN2O5/c1-24-7-8-25-14-4-2-3-12(9-14)11-19-17(21)15-10-13(20(22)23)5-6-16(15)18/h2-6,9-10H,7-8,11H2,1H3,(H,19,21). The summed E-state index contributed by atoms with van der Waals surface area (Å²) in [5.74, 6) is 0.177. The van der Waals surface area contributed by atoms with E-state index in [4.69, 9.17) is 21.1 Å². The number of benzene rings is 2. The van der Waals surface area contributed by atoms with Gasteiger partial charge in [0.15, 0.2) is 0 Å². The molecule has 0 aliphatic heterocycles. The van der Waals surface area contributed by atoms with E-state index in [1.165, 1.54) is 12.1 Å². The van der Waals surface area contributed by atoms with Gasteiger partial charge < -0.3 is 14.8 Å². The monoisotopic (exact) mass is 364 g/mol. The normalized spacial score (nSPS) is 10.3. The number of ether oxygens (including phenoxy) is 2. The first-order chi connectivity index (χ1) is 12.0. The maximum Gasteiger partial charge on any atom is 0.270 e. The number of nitrogens with zero attached hydrogens (tertiary/aromatic N) is 1. The molecule has 2 aromatic carbocycles. The van der Waals surface area contributed by atoms with E-state index in [1.54, 1.807) is 19.2 Å². The Balaban J connectivity index is 2.01. The zero-order valence-corrected chi connectivity index (χ0v) is 14.3. The highest BCUT2D eigenvalue weighted by Gasteiger charge is 2.15. The molecule has 8 heteroatoms. The van der Waals surface area contributed by atoms with Crippen molar-refractivity contribution < 1.29 is 19.2 Å². The summed E-state index contributed by atoms with van der Waals surface area (Å²) in [4.78, 5) is 22.5. The van der Waals surface area contributed by atoms with Crippen molar-refractivity contribution in [3.63, 3.8) is 0 Å². The van der Waals surface area contributed by atoms with Crippen LogP contribution in [0.5, 0.6) is 5.75 Å². The van der Waals surface area contributed by atoms with Crippen molar-refractivity contribution in [3.05, 3.63) is 68.7 Å². The van der Waals surface area contributed by atoms with Gasteiger partial charge in [-0.15, -0.1) is 0 Å². The van der Waals surface area contributed by atoms with Crippen LogP contribution in [0.25, 0.3) is 0 Å². The fourth-order valence-corrected chi connectivity index (χ4v) is 2.27. The number of nitro groups is 1. The van der Waals surface area contributed by atoms with Gasteiger partial charge >= 0.3 is 0 Å². The van der Waals surface area contributed by atoms with E-state index < -0.39 is 10.8 Å². The van der Waals surface area contributed by atoms with Crippen LogP contribution in [-0.4, -0.2) is 31.2 Å². The molecule has 0 fully saturated rings. The average molecular weight is 365 g/mol.